The fraction of sp³-hybridized carbons (Fsp3) is 0.0625. The zero-order chi connectivity index (χ0) is 16.4. The highest BCUT2D eigenvalue weighted by molar-refractivity contribution is 8.18. The molecule has 0 N–H and O–H groups in total. The molecular formula is C16H11N2O3S2-. The van der Waals surface area contributed by atoms with Gasteiger partial charge in [-0.25, -0.2) is 4.99 Å². The van der Waals surface area contributed by atoms with Gasteiger partial charge >= 0.3 is 0 Å². The highest BCUT2D eigenvalue weighted by Gasteiger charge is 2.30. The van der Waals surface area contributed by atoms with Gasteiger partial charge in [0.1, 0.15) is 0 Å². The van der Waals surface area contributed by atoms with Crippen LogP contribution in [0.5, 0.6) is 0 Å². The molecule has 0 atom stereocenters. The smallest absolute Gasteiger partial charge is 0.266 e. The first-order chi connectivity index (χ1) is 11.0. The number of carboxylic acid groups (broad SMARTS) is 1. The molecule has 116 valence electrons. The van der Waals surface area contributed by atoms with Crippen molar-refractivity contribution in [2.45, 2.75) is 0 Å². The Bertz CT molecular complexity index is 808. The molecule has 0 saturated carbocycles. The van der Waals surface area contributed by atoms with Crippen molar-refractivity contribution in [2.24, 2.45) is 4.99 Å². The van der Waals surface area contributed by atoms with E-state index in [0.717, 1.165) is 4.88 Å². The number of thioether (sulfide) groups is 1. The van der Waals surface area contributed by atoms with E-state index >= 15 is 0 Å². The molecule has 23 heavy (non-hydrogen) atoms. The molecule has 0 unspecified atom stereocenters. The summed E-state index contributed by atoms with van der Waals surface area (Å²) in [5, 5.41) is 13.2. The third kappa shape index (κ3) is 3.35. The van der Waals surface area contributed by atoms with Crippen molar-refractivity contribution in [3.05, 3.63) is 57.1 Å². The summed E-state index contributed by atoms with van der Waals surface area (Å²) >= 11 is 2.86. The monoisotopic (exact) mass is 343 g/mol. The minimum atomic E-state index is -1.23. The number of amidine groups is 1. The van der Waals surface area contributed by atoms with Crippen molar-refractivity contribution in [3.8, 4) is 0 Å². The lowest BCUT2D eigenvalue weighted by Crippen LogP contribution is -2.23. The van der Waals surface area contributed by atoms with Gasteiger partial charge in [-0.1, -0.05) is 18.2 Å². The molecule has 1 aromatic heterocycles. The number of hydrogen-bond donors (Lipinski definition) is 0. The summed E-state index contributed by atoms with van der Waals surface area (Å²) in [6.07, 6.45) is 1.84. The number of nitrogens with zero attached hydrogens (tertiary/aromatic N) is 2. The third-order valence-electron chi connectivity index (χ3n) is 3.15. The molecule has 1 aliphatic heterocycles. The molecule has 1 aromatic carbocycles. The molecular weight excluding hydrogens is 332 g/mol. The van der Waals surface area contributed by atoms with Crippen LogP contribution in [-0.2, 0) is 4.79 Å². The quantitative estimate of drug-likeness (QED) is 0.802. The predicted molar refractivity (Wildman–Crippen MR) is 90.5 cm³/mol. The summed E-state index contributed by atoms with van der Waals surface area (Å²) in [4.78, 5) is 30.5. The van der Waals surface area contributed by atoms with Crippen molar-refractivity contribution in [2.75, 3.05) is 7.05 Å². The number of rotatable bonds is 3. The summed E-state index contributed by atoms with van der Waals surface area (Å²) < 4.78 is 0. The van der Waals surface area contributed by atoms with E-state index in [0.29, 0.717) is 15.8 Å². The number of thiophene rings is 1. The number of hydrogen-bond acceptors (Lipinski definition) is 6. The Hall–Kier alpha value is -2.38. The van der Waals surface area contributed by atoms with Crippen LogP contribution in [0.3, 0.4) is 0 Å². The fourth-order valence-electron chi connectivity index (χ4n) is 1.94. The van der Waals surface area contributed by atoms with E-state index < -0.39 is 5.97 Å². The Morgan fingerprint density at radius 1 is 1.26 bits per heavy atom. The lowest BCUT2D eigenvalue weighted by atomic mass is 10.2. The van der Waals surface area contributed by atoms with Crippen molar-refractivity contribution >= 4 is 51.9 Å². The van der Waals surface area contributed by atoms with Gasteiger partial charge in [0.05, 0.1) is 16.6 Å². The molecule has 1 fully saturated rings. The van der Waals surface area contributed by atoms with Gasteiger partial charge in [0, 0.05) is 11.9 Å². The van der Waals surface area contributed by atoms with Crippen molar-refractivity contribution in [1.82, 2.24) is 4.90 Å². The number of benzene rings is 1. The van der Waals surface area contributed by atoms with E-state index in [1.807, 2.05) is 23.6 Å². The maximum absolute atomic E-state index is 12.3. The number of amides is 1. The number of likely N-dealkylation sites (N-methyl/N-ethyl adjacent to an activating group) is 1. The Kier molecular flexibility index (Phi) is 4.31. The van der Waals surface area contributed by atoms with Gasteiger partial charge in [-0.2, -0.15) is 0 Å². The van der Waals surface area contributed by atoms with Gasteiger partial charge in [-0.3, -0.25) is 9.69 Å². The Labute approximate surface area is 141 Å². The van der Waals surface area contributed by atoms with Crippen molar-refractivity contribution in [1.29, 1.82) is 0 Å². The molecule has 1 aliphatic rings. The van der Waals surface area contributed by atoms with E-state index in [-0.39, 0.29) is 11.5 Å². The maximum atomic E-state index is 12.3. The van der Waals surface area contributed by atoms with Crippen LogP contribution in [0, 0.1) is 0 Å². The van der Waals surface area contributed by atoms with Crippen LogP contribution in [0.4, 0.5) is 5.69 Å². The first-order valence-electron chi connectivity index (χ1n) is 6.66. The average molecular weight is 343 g/mol. The molecule has 3 rings (SSSR count). The molecule has 0 bridgehead atoms. The zero-order valence-electron chi connectivity index (χ0n) is 12.1. The third-order valence-corrected chi connectivity index (χ3v) is 5.03. The van der Waals surface area contributed by atoms with E-state index in [9.17, 15) is 14.7 Å². The van der Waals surface area contributed by atoms with E-state index in [4.69, 9.17) is 0 Å². The highest BCUT2D eigenvalue weighted by atomic mass is 32.2. The summed E-state index contributed by atoms with van der Waals surface area (Å²) in [7, 11) is 1.67. The first kappa shape index (κ1) is 15.5. The minimum Gasteiger partial charge on any atom is -0.545 e. The predicted octanol–water partition coefficient (Wildman–Crippen LogP) is 2.35. The van der Waals surface area contributed by atoms with Gasteiger partial charge in [-0.15, -0.1) is 11.3 Å². The second kappa shape index (κ2) is 6.39. The number of carbonyl (C=O) groups excluding carboxylic acids is 2. The lowest BCUT2D eigenvalue weighted by Gasteiger charge is -2.07. The molecule has 0 radical (unpaired) electrons. The summed E-state index contributed by atoms with van der Waals surface area (Å²) in [6.45, 7) is 0. The molecule has 1 amide bonds. The molecule has 7 heteroatoms. The maximum Gasteiger partial charge on any atom is 0.266 e. The number of carboxylic acids is 1. The second-order valence-corrected chi connectivity index (χ2v) is 6.71. The van der Waals surface area contributed by atoms with Crippen LogP contribution in [0.2, 0.25) is 0 Å². The molecule has 1 saturated heterocycles. The molecule has 0 spiro atoms. The number of aliphatic imine (C=N–C) groups is 1. The van der Waals surface area contributed by atoms with Gasteiger partial charge in [0.25, 0.3) is 5.91 Å². The van der Waals surface area contributed by atoms with Crippen LogP contribution in [-0.4, -0.2) is 29.0 Å². The normalized spacial score (nSPS) is 18.1. The van der Waals surface area contributed by atoms with Crippen LogP contribution in [0.15, 0.2) is 51.7 Å². The first-order valence-corrected chi connectivity index (χ1v) is 8.35. The minimum absolute atomic E-state index is 0.0933. The van der Waals surface area contributed by atoms with Gasteiger partial charge < -0.3 is 9.90 Å². The van der Waals surface area contributed by atoms with Crippen molar-refractivity contribution < 1.29 is 14.7 Å². The Morgan fingerprint density at radius 2 is 2.00 bits per heavy atom. The summed E-state index contributed by atoms with van der Waals surface area (Å²) in [5.74, 6) is -1.33. The van der Waals surface area contributed by atoms with Crippen LogP contribution < -0.4 is 5.11 Å². The van der Waals surface area contributed by atoms with Crippen LogP contribution >= 0.6 is 23.1 Å². The van der Waals surface area contributed by atoms with Crippen LogP contribution in [0.1, 0.15) is 15.2 Å². The van der Waals surface area contributed by atoms with Gasteiger partial charge in [0.15, 0.2) is 5.17 Å². The SMILES string of the molecule is CN1C(=O)/C(=C/c2cccs2)SC1=Nc1ccc(C(=O)[O-])cc1. The summed E-state index contributed by atoms with van der Waals surface area (Å²) in [5.41, 5.74) is 0.672. The topological polar surface area (TPSA) is 72.8 Å². The highest BCUT2D eigenvalue weighted by Crippen LogP contribution is 2.33. The number of aromatic carboxylic acids is 1. The van der Waals surface area contributed by atoms with Gasteiger partial charge in [0.2, 0.25) is 0 Å². The van der Waals surface area contributed by atoms with E-state index in [2.05, 4.69) is 4.99 Å². The second-order valence-electron chi connectivity index (χ2n) is 4.72. The molecule has 0 aliphatic carbocycles. The largest absolute Gasteiger partial charge is 0.545 e. The Balaban J connectivity index is 1.85. The van der Waals surface area contributed by atoms with Gasteiger partial charge in [-0.05, 0) is 47.0 Å². The zero-order valence-corrected chi connectivity index (χ0v) is 13.7. The average Bonchev–Trinajstić information content (AvgIpc) is 3.13. The summed E-state index contributed by atoms with van der Waals surface area (Å²) in [6, 6.07) is 9.89. The number of carbonyl (C=O) groups is 2. The molecule has 5 nitrogen and oxygen atoms in total. The molecule has 2 heterocycles. The lowest BCUT2D eigenvalue weighted by molar-refractivity contribution is -0.255. The van der Waals surface area contributed by atoms with E-state index in [1.54, 1.807) is 30.5 Å². The molecule has 2 aromatic rings. The Morgan fingerprint density at radius 3 is 2.61 bits per heavy atom. The standard InChI is InChI=1S/C16H12N2O3S2/c1-18-14(19)13(9-12-3-2-8-22-12)23-16(18)17-11-6-4-10(5-7-11)15(20)21/h2-9H,1H3,(H,20,21)/p-1/b13-9-,17-16?. The van der Waals surface area contributed by atoms with Crippen LogP contribution in [0.25, 0.3) is 6.08 Å². The van der Waals surface area contributed by atoms with E-state index in [1.165, 1.54) is 28.8 Å². The van der Waals surface area contributed by atoms with Crippen molar-refractivity contribution in [3.63, 3.8) is 0 Å². The fourth-order valence-corrected chi connectivity index (χ4v) is 3.65.